The minimum atomic E-state index is -0.965. The number of carbonyl (C=O) groups is 2. The standard InChI is InChI=1S/C36H39Cl2N3O5/c1-2-3-18-41-21-33(30-17-12-27(37)20-31(30)38)39-34(41)32(40-35(43)25-10-13-28(42)14-11-25)19-23-6-15-29(16-7-23)46-22-24-4-8-26(9-5-24)36(44)45/h4-9,12,15-17,20-21,25,28,32,42H,2-3,10-11,13-14,18-19,22H2,1H3,(H,40,43)(H,44,45)/t25?,28?,32-/m0/s1. The van der Waals surface area contributed by atoms with Crippen molar-refractivity contribution in [1.29, 1.82) is 0 Å². The van der Waals surface area contributed by atoms with Crippen LogP contribution in [0.5, 0.6) is 5.75 Å². The van der Waals surface area contributed by atoms with E-state index in [1.807, 2.05) is 36.5 Å². The SMILES string of the molecule is CCCCn1cc(-c2ccc(Cl)cc2Cl)nc1[C@H](Cc1ccc(OCc2ccc(C(=O)O)cc2)cc1)NC(=O)C1CCC(O)CC1. The predicted octanol–water partition coefficient (Wildman–Crippen LogP) is 7.89. The minimum absolute atomic E-state index is 0.0260. The Kier molecular flexibility index (Phi) is 11.4. The number of carboxylic acids is 1. The van der Waals surface area contributed by atoms with E-state index < -0.39 is 12.0 Å². The molecule has 0 radical (unpaired) electrons. The van der Waals surface area contributed by atoms with Gasteiger partial charge in [0.25, 0.3) is 0 Å². The Hall–Kier alpha value is -3.85. The van der Waals surface area contributed by atoms with E-state index in [2.05, 4.69) is 16.8 Å². The molecular weight excluding hydrogens is 625 g/mol. The van der Waals surface area contributed by atoms with Gasteiger partial charge in [-0.1, -0.05) is 60.8 Å². The van der Waals surface area contributed by atoms with Gasteiger partial charge in [-0.2, -0.15) is 0 Å². The lowest BCUT2D eigenvalue weighted by atomic mass is 9.86. The van der Waals surface area contributed by atoms with Crippen molar-refractivity contribution in [1.82, 2.24) is 14.9 Å². The Balaban J connectivity index is 1.38. The molecular formula is C36H39Cl2N3O5. The van der Waals surface area contributed by atoms with Crippen LogP contribution < -0.4 is 10.1 Å². The average molecular weight is 665 g/mol. The van der Waals surface area contributed by atoms with Gasteiger partial charge < -0.3 is 24.8 Å². The lowest BCUT2D eigenvalue weighted by molar-refractivity contribution is -0.127. The number of benzene rings is 3. The second-order valence-electron chi connectivity index (χ2n) is 11.9. The maximum absolute atomic E-state index is 13.6. The molecule has 0 bridgehead atoms. The summed E-state index contributed by atoms with van der Waals surface area (Å²) in [5.41, 5.74) is 3.58. The third kappa shape index (κ3) is 8.69. The van der Waals surface area contributed by atoms with E-state index in [-0.39, 0.29) is 23.5 Å². The van der Waals surface area contributed by atoms with E-state index in [9.17, 15) is 14.7 Å². The van der Waals surface area contributed by atoms with Gasteiger partial charge in [0.05, 0.1) is 28.4 Å². The molecule has 1 amide bonds. The van der Waals surface area contributed by atoms with Gasteiger partial charge in [0.1, 0.15) is 18.2 Å². The average Bonchev–Trinajstić information content (AvgIpc) is 3.47. The molecule has 46 heavy (non-hydrogen) atoms. The van der Waals surface area contributed by atoms with Crippen molar-refractivity contribution >= 4 is 35.1 Å². The van der Waals surface area contributed by atoms with Crippen LogP contribution in [-0.4, -0.2) is 37.7 Å². The molecule has 0 saturated heterocycles. The summed E-state index contributed by atoms with van der Waals surface area (Å²) in [5, 5.41) is 23.5. The van der Waals surface area contributed by atoms with Crippen molar-refractivity contribution in [3.63, 3.8) is 0 Å². The quantitative estimate of drug-likeness (QED) is 0.134. The first-order chi connectivity index (χ1) is 22.2. The first-order valence-electron chi connectivity index (χ1n) is 15.7. The van der Waals surface area contributed by atoms with Gasteiger partial charge in [-0.15, -0.1) is 0 Å². The monoisotopic (exact) mass is 663 g/mol. The Morgan fingerprint density at radius 3 is 2.35 bits per heavy atom. The highest BCUT2D eigenvalue weighted by molar-refractivity contribution is 6.36. The summed E-state index contributed by atoms with van der Waals surface area (Å²) < 4.78 is 8.07. The van der Waals surface area contributed by atoms with Crippen LogP contribution in [0.3, 0.4) is 0 Å². The van der Waals surface area contributed by atoms with Gasteiger partial charge in [-0.3, -0.25) is 4.79 Å². The number of aryl methyl sites for hydroxylation is 1. The molecule has 1 heterocycles. The van der Waals surface area contributed by atoms with Gasteiger partial charge in [0.15, 0.2) is 0 Å². The highest BCUT2D eigenvalue weighted by atomic mass is 35.5. The molecule has 1 fully saturated rings. The van der Waals surface area contributed by atoms with Gasteiger partial charge in [0, 0.05) is 29.2 Å². The van der Waals surface area contributed by atoms with E-state index in [0.29, 0.717) is 60.2 Å². The van der Waals surface area contributed by atoms with Crippen LogP contribution in [0.25, 0.3) is 11.3 Å². The number of carboxylic acid groups (broad SMARTS) is 1. The van der Waals surface area contributed by atoms with Gasteiger partial charge >= 0.3 is 5.97 Å². The molecule has 1 atom stereocenters. The molecule has 5 rings (SSSR count). The molecule has 0 aliphatic heterocycles. The molecule has 10 heteroatoms. The molecule has 0 unspecified atom stereocenters. The van der Waals surface area contributed by atoms with Crippen LogP contribution in [0.1, 0.15) is 78.8 Å². The lowest BCUT2D eigenvalue weighted by Gasteiger charge is -2.27. The summed E-state index contributed by atoms with van der Waals surface area (Å²) in [7, 11) is 0. The number of aliphatic hydroxyl groups excluding tert-OH is 1. The molecule has 3 N–H and O–H groups in total. The molecule has 1 aliphatic rings. The number of ether oxygens (including phenoxy) is 1. The van der Waals surface area contributed by atoms with Crippen LogP contribution >= 0.6 is 23.2 Å². The third-order valence-corrected chi connectivity index (χ3v) is 8.98. The van der Waals surface area contributed by atoms with Crippen LogP contribution in [0.2, 0.25) is 10.0 Å². The van der Waals surface area contributed by atoms with E-state index in [1.165, 1.54) is 0 Å². The van der Waals surface area contributed by atoms with E-state index >= 15 is 0 Å². The summed E-state index contributed by atoms with van der Waals surface area (Å²) >= 11 is 12.7. The van der Waals surface area contributed by atoms with E-state index in [1.54, 1.807) is 36.4 Å². The topological polar surface area (TPSA) is 114 Å². The normalized spacial score (nSPS) is 17.0. The number of unbranched alkanes of at least 4 members (excludes halogenated alkanes) is 1. The maximum atomic E-state index is 13.6. The molecule has 242 valence electrons. The molecule has 1 aromatic heterocycles. The van der Waals surface area contributed by atoms with Crippen molar-refractivity contribution < 1.29 is 24.5 Å². The summed E-state index contributed by atoms with van der Waals surface area (Å²) in [5.74, 6) is 0.283. The zero-order valence-electron chi connectivity index (χ0n) is 25.8. The molecule has 3 aromatic carbocycles. The number of aromatic nitrogens is 2. The minimum Gasteiger partial charge on any atom is -0.489 e. The Morgan fingerprint density at radius 2 is 1.70 bits per heavy atom. The Labute approximate surface area is 279 Å². The van der Waals surface area contributed by atoms with Crippen molar-refractivity contribution in [2.45, 2.75) is 77.2 Å². The number of hydrogen-bond acceptors (Lipinski definition) is 5. The van der Waals surface area contributed by atoms with Gasteiger partial charge in [-0.05, 0) is 92.1 Å². The lowest BCUT2D eigenvalue weighted by Crippen LogP contribution is -2.38. The van der Waals surface area contributed by atoms with Crippen LogP contribution in [0, 0.1) is 5.92 Å². The molecule has 0 spiro atoms. The number of nitrogens with one attached hydrogen (secondary N) is 1. The number of hydrogen-bond donors (Lipinski definition) is 3. The van der Waals surface area contributed by atoms with Crippen LogP contribution in [0.15, 0.2) is 72.9 Å². The van der Waals surface area contributed by atoms with Crippen molar-refractivity contribution in [3.05, 3.63) is 105 Å². The summed E-state index contributed by atoms with van der Waals surface area (Å²) in [6.07, 6.45) is 6.66. The number of nitrogens with zero attached hydrogens (tertiary/aromatic N) is 2. The smallest absolute Gasteiger partial charge is 0.335 e. The Morgan fingerprint density at radius 1 is 1.00 bits per heavy atom. The highest BCUT2D eigenvalue weighted by Gasteiger charge is 2.29. The van der Waals surface area contributed by atoms with Crippen molar-refractivity contribution in [3.8, 4) is 17.0 Å². The number of aliphatic hydroxyl groups is 1. The molecule has 1 aliphatic carbocycles. The maximum Gasteiger partial charge on any atom is 0.335 e. The highest BCUT2D eigenvalue weighted by Crippen LogP contribution is 2.32. The zero-order valence-corrected chi connectivity index (χ0v) is 27.3. The van der Waals surface area contributed by atoms with Crippen molar-refractivity contribution in [2.24, 2.45) is 5.92 Å². The third-order valence-electron chi connectivity index (χ3n) is 8.43. The predicted molar refractivity (Wildman–Crippen MR) is 179 cm³/mol. The summed E-state index contributed by atoms with van der Waals surface area (Å²) in [6.45, 7) is 3.18. The summed E-state index contributed by atoms with van der Waals surface area (Å²) in [6, 6.07) is 19.3. The second kappa shape index (κ2) is 15.6. The number of imidazole rings is 1. The number of carbonyl (C=O) groups excluding carboxylic acids is 1. The second-order valence-corrected chi connectivity index (χ2v) is 12.7. The van der Waals surface area contributed by atoms with Crippen LogP contribution in [-0.2, 0) is 24.4 Å². The largest absolute Gasteiger partial charge is 0.489 e. The fourth-order valence-electron chi connectivity index (χ4n) is 5.74. The Bertz CT molecular complexity index is 1630. The van der Waals surface area contributed by atoms with Crippen molar-refractivity contribution in [2.75, 3.05) is 0 Å². The first-order valence-corrected chi connectivity index (χ1v) is 16.5. The number of amides is 1. The fourth-order valence-corrected chi connectivity index (χ4v) is 6.25. The zero-order chi connectivity index (χ0) is 32.6. The number of aromatic carboxylic acids is 1. The first kappa shape index (κ1) is 33.5. The fraction of sp³-hybridized carbons (Fsp3) is 0.361. The number of halogens is 2. The molecule has 4 aromatic rings. The van der Waals surface area contributed by atoms with Gasteiger partial charge in [-0.25, -0.2) is 9.78 Å². The molecule has 8 nitrogen and oxygen atoms in total. The van der Waals surface area contributed by atoms with Gasteiger partial charge in [0.2, 0.25) is 5.91 Å². The summed E-state index contributed by atoms with van der Waals surface area (Å²) in [4.78, 5) is 29.8. The number of rotatable bonds is 13. The van der Waals surface area contributed by atoms with Crippen LogP contribution in [0.4, 0.5) is 0 Å². The van der Waals surface area contributed by atoms with E-state index in [0.717, 1.165) is 41.9 Å². The van der Waals surface area contributed by atoms with E-state index in [4.69, 9.17) is 38.0 Å². The molecule has 1 saturated carbocycles.